The van der Waals surface area contributed by atoms with Gasteiger partial charge in [-0.25, -0.2) is 13.1 Å². The first-order valence-corrected chi connectivity index (χ1v) is 8.62. The van der Waals surface area contributed by atoms with Crippen molar-refractivity contribution >= 4 is 31.9 Å². The number of nitrogens with one attached hydrogen (secondary N) is 1. The molecule has 0 bridgehead atoms. The van der Waals surface area contributed by atoms with Crippen molar-refractivity contribution in [3.05, 3.63) is 22.9 Å². The lowest BCUT2D eigenvalue weighted by molar-refractivity contribution is -0.142. The van der Waals surface area contributed by atoms with Gasteiger partial charge in [-0.15, -0.1) is 0 Å². The molecule has 0 amide bonds. The van der Waals surface area contributed by atoms with E-state index in [4.69, 9.17) is 0 Å². The quantitative estimate of drug-likeness (QED) is 0.791. The summed E-state index contributed by atoms with van der Waals surface area (Å²) < 4.78 is 27.1. The van der Waals surface area contributed by atoms with Crippen LogP contribution in [-0.4, -0.2) is 31.0 Å². The standard InChI is InChI=1S/C13H19BrN2O4S/c1-13(2,3)5-9(12(17)18)6-16-21(19,20)11-4-10(14)7-15-8-11/h4,7-9,16H,5-6H2,1-3H3,(H,17,18). The number of hydrogen-bond acceptors (Lipinski definition) is 4. The Bertz CT molecular complexity index is 611. The van der Waals surface area contributed by atoms with Gasteiger partial charge in [-0.3, -0.25) is 9.78 Å². The van der Waals surface area contributed by atoms with Crippen molar-refractivity contribution in [3.8, 4) is 0 Å². The van der Waals surface area contributed by atoms with Crippen LogP contribution in [0.2, 0.25) is 0 Å². The summed E-state index contributed by atoms with van der Waals surface area (Å²) in [4.78, 5) is 15.0. The number of aliphatic carboxylic acids is 1. The van der Waals surface area contributed by atoms with E-state index in [-0.39, 0.29) is 16.9 Å². The molecule has 2 N–H and O–H groups in total. The smallest absolute Gasteiger partial charge is 0.307 e. The first-order valence-electron chi connectivity index (χ1n) is 6.34. The van der Waals surface area contributed by atoms with E-state index in [0.717, 1.165) is 0 Å². The second-order valence-electron chi connectivity index (χ2n) is 5.99. The Morgan fingerprint density at radius 3 is 2.52 bits per heavy atom. The SMILES string of the molecule is CC(C)(C)CC(CNS(=O)(=O)c1cncc(Br)c1)C(=O)O. The topological polar surface area (TPSA) is 96.4 Å². The van der Waals surface area contributed by atoms with E-state index >= 15 is 0 Å². The van der Waals surface area contributed by atoms with Crippen molar-refractivity contribution in [1.29, 1.82) is 0 Å². The van der Waals surface area contributed by atoms with Crippen molar-refractivity contribution in [2.24, 2.45) is 11.3 Å². The molecule has 0 aliphatic rings. The van der Waals surface area contributed by atoms with Gasteiger partial charge in [-0.05, 0) is 33.8 Å². The van der Waals surface area contributed by atoms with E-state index in [1.807, 2.05) is 20.8 Å². The molecule has 1 unspecified atom stereocenters. The normalized spacial score (nSPS) is 13.9. The summed E-state index contributed by atoms with van der Waals surface area (Å²) in [5.41, 5.74) is -0.203. The number of carboxylic acid groups (broad SMARTS) is 1. The largest absolute Gasteiger partial charge is 0.481 e. The molecule has 1 heterocycles. The van der Waals surface area contributed by atoms with E-state index in [0.29, 0.717) is 10.9 Å². The van der Waals surface area contributed by atoms with Crippen molar-refractivity contribution in [3.63, 3.8) is 0 Å². The van der Waals surface area contributed by atoms with E-state index in [1.165, 1.54) is 18.5 Å². The fourth-order valence-corrected chi connectivity index (χ4v) is 3.40. The van der Waals surface area contributed by atoms with Crippen molar-refractivity contribution in [2.45, 2.75) is 32.1 Å². The summed E-state index contributed by atoms with van der Waals surface area (Å²) in [5, 5.41) is 9.19. The lowest BCUT2D eigenvalue weighted by Gasteiger charge is -2.23. The second kappa shape index (κ2) is 6.85. The predicted molar refractivity (Wildman–Crippen MR) is 82.3 cm³/mol. The first-order chi connectivity index (χ1) is 9.51. The Balaban J connectivity index is 2.82. The van der Waals surface area contributed by atoms with Gasteiger partial charge in [-0.1, -0.05) is 20.8 Å². The van der Waals surface area contributed by atoms with Crippen LogP contribution in [0.15, 0.2) is 27.8 Å². The van der Waals surface area contributed by atoms with E-state index in [2.05, 4.69) is 25.6 Å². The molecule has 0 aliphatic carbocycles. The highest BCUT2D eigenvalue weighted by molar-refractivity contribution is 9.10. The highest BCUT2D eigenvalue weighted by atomic mass is 79.9. The van der Waals surface area contributed by atoms with Gasteiger partial charge in [0.05, 0.1) is 5.92 Å². The van der Waals surface area contributed by atoms with Crippen molar-refractivity contribution < 1.29 is 18.3 Å². The van der Waals surface area contributed by atoms with Gasteiger partial charge in [0.25, 0.3) is 0 Å². The maximum absolute atomic E-state index is 12.1. The zero-order valence-electron chi connectivity index (χ0n) is 12.1. The number of carbonyl (C=O) groups is 1. The molecule has 0 aromatic carbocycles. The van der Waals surface area contributed by atoms with Gasteiger partial charge >= 0.3 is 5.97 Å². The van der Waals surface area contributed by atoms with Crippen LogP contribution in [0.25, 0.3) is 0 Å². The minimum absolute atomic E-state index is 0.00299. The van der Waals surface area contributed by atoms with Crippen LogP contribution in [0, 0.1) is 11.3 Å². The molecule has 21 heavy (non-hydrogen) atoms. The fraction of sp³-hybridized carbons (Fsp3) is 0.538. The van der Waals surface area contributed by atoms with Gasteiger partial charge in [-0.2, -0.15) is 0 Å². The number of rotatable bonds is 6. The van der Waals surface area contributed by atoms with Gasteiger partial charge in [0.1, 0.15) is 4.90 Å². The molecule has 6 nitrogen and oxygen atoms in total. The van der Waals surface area contributed by atoms with Crippen molar-refractivity contribution in [2.75, 3.05) is 6.54 Å². The molecule has 0 radical (unpaired) electrons. The number of carboxylic acids is 1. The third-order valence-electron chi connectivity index (χ3n) is 2.72. The van der Waals surface area contributed by atoms with Crippen LogP contribution in [0.3, 0.4) is 0 Å². The highest BCUT2D eigenvalue weighted by Crippen LogP contribution is 2.24. The second-order valence-corrected chi connectivity index (χ2v) is 8.67. The number of halogens is 1. The summed E-state index contributed by atoms with van der Waals surface area (Å²) in [6.07, 6.45) is 3.06. The van der Waals surface area contributed by atoms with Crippen LogP contribution < -0.4 is 4.72 Å². The Hall–Kier alpha value is -0.990. The summed E-state index contributed by atoms with van der Waals surface area (Å²) >= 11 is 3.15. The van der Waals surface area contributed by atoms with Gasteiger partial charge < -0.3 is 5.11 Å². The van der Waals surface area contributed by atoms with Crippen LogP contribution in [0.1, 0.15) is 27.2 Å². The van der Waals surface area contributed by atoms with Crippen LogP contribution in [-0.2, 0) is 14.8 Å². The van der Waals surface area contributed by atoms with Gasteiger partial charge in [0.15, 0.2) is 0 Å². The van der Waals surface area contributed by atoms with Crippen molar-refractivity contribution in [1.82, 2.24) is 9.71 Å². The molecule has 1 aromatic rings. The monoisotopic (exact) mass is 378 g/mol. The summed E-state index contributed by atoms with van der Waals surface area (Å²) in [5.74, 6) is -1.79. The molecule has 8 heteroatoms. The fourth-order valence-electron chi connectivity index (χ4n) is 1.82. The molecular formula is C13H19BrN2O4S. The summed E-state index contributed by atoms with van der Waals surface area (Å²) in [7, 11) is -3.77. The van der Waals surface area contributed by atoms with Crippen LogP contribution >= 0.6 is 15.9 Å². The van der Waals surface area contributed by atoms with E-state index < -0.39 is 21.9 Å². The Morgan fingerprint density at radius 1 is 1.43 bits per heavy atom. The summed E-state index contributed by atoms with van der Waals surface area (Å²) in [6, 6.07) is 1.41. The molecular weight excluding hydrogens is 360 g/mol. The molecule has 0 saturated heterocycles. The highest BCUT2D eigenvalue weighted by Gasteiger charge is 2.26. The Kier molecular flexibility index (Phi) is 5.89. The van der Waals surface area contributed by atoms with Crippen LogP contribution in [0.4, 0.5) is 0 Å². The van der Waals surface area contributed by atoms with Gasteiger partial charge in [0.2, 0.25) is 10.0 Å². The number of aromatic nitrogens is 1. The molecule has 0 aliphatic heterocycles. The van der Waals surface area contributed by atoms with Crippen LogP contribution in [0.5, 0.6) is 0 Å². The predicted octanol–water partition coefficient (Wildman–Crippen LogP) is 2.26. The zero-order chi connectivity index (χ0) is 16.3. The number of pyridine rings is 1. The molecule has 0 fully saturated rings. The average molecular weight is 379 g/mol. The minimum Gasteiger partial charge on any atom is -0.481 e. The van der Waals surface area contributed by atoms with E-state index in [9.17, 15) is 18.3 Å². The maximum Gasteiger partial charge on any atom is 0.307 e. The molecule has 0 saturated carbocycles. The Labute approximate surface area is 133 Å². The molecule has 0 spiro atoms. The molecule has 1 aromatic heterocycles. The lowest BCUT2D eigenvalue weighted by Crippen LogP contribution is -2.35. The molecule has 1 atom stereocenters. The molecule has 118 valence electrons. The lowest BCUT2D eigenvalue weighted by atomic mass is 9.85. The molecule has 1 rings (SSSR count). The summed E-state index contributed by atoms with van der Waals surface area (Å²) in [6.45, 7) is 5.59. The zero-order valence-corrected chi connectivity index (χ0v) is 14.5. The number of nitrogens with zero attached hydrogens (tertiary/aromatic N) is 1. The first kappa shape index (κ1) is 18.1. The number of sulfonamides is 1. The third kappa shape index (κ3) is 6.11. The van der Waals surface area contributed by atoms with E-state index in [1.54, 1.807) is 0 Å². The average Bonchev–Trinajstić information content (AvgIpc) is 2.33. The number of hydrogen-bond donors (Lipinski definition) is 2. The Morgan fingerprint density at radius 2 is 2.05 bits per heavy atom. The van der Waals surface area contributed by atoms with Gasteiger partial charge in [0, 0.05) is 23.4 Å². The third-order valence-corrected chi connectivity index (χ3v) is 4.54. The maximum atomic E-state index is 12.1. The minimum atomic E-state index is -3.77.